The van der Waals surface area contributed by atoms with Crippen molar-refractivity contribution in [2.45, 2.75) is 99.9 Å². The van der Waals surface area contributed by atoms with E-state index in [0.717, 1.165) is 19.3 Å². The topological polar surface area (TPSA) is 0 Å². The normalized spacial score (nSPS) is 19.2. The van der Waals surface area contributed by atoms with E-state index >= 15 is 0 Å². The van der Waals surface area contributed by atoms with Gasteiger partial charge in [-0.1, -0.05) is 0 Å². The van der Waals surface area contributed by atoms with E-state index in [0.29, 0.717) is 17.8 Å². The zero-order valence-corrected chi connectivity index (χ0v) is 36.2. The molecule has 4 aromatic carbocycles. The first-order valence-corrected chi connectivity index (χ1v) is 35.1. The molecule has 2 aliphatic carbocycles. The van der Waals surface area contributed by atoms with Crippen LogP contribution in [0.3, 0.4) is 0 Å². The maximum atomic E-state index is 8.70. The minimum atomic E-state index is -4.84. The molecule has 0 aromatic heterocycles. The van der Waals surface area contributed by atoms with E-state index in [9.17, 15) is 0 Å². The maximum absolute atomic E-state index is 8.70. The zero-order chi connectivity index (χ0) is 35.3. The van der Waals surface area contributed by atoms with Crippen LogP contribution in [0, 0.1) is 5.92 Å². The van der Waals surface area contributed by atoms with Crippen LogP contribution in [0.1, 0.15) is 120 Å². The fourth-order valence-electron chi connectivity index (χ4n) is 8.75. The van der Waals surface area contributed by atoms with E-state index in [1.54, 1.807) is 0 Å². The van der Waals surface area contributed by atoms with Gasteiger partial charge in [-0.3, -0.25) is 0 Å². The molecule has 4 atom stereocenters. The van der Waals surface area contributed by atoms with E-state index in [1.165, 1.54) is 66.8 Å². The Morgan fingerprint density at radius 2 is 1.06 bits per heavy atom. The van der Waals surface area contributed by atoms with Gasteiger partial charge in [0.1, 0.15) is 0 Å². The Hall–Kier alpha value is -1.96. The molecule has 0 heterocycles. The van der Waals surface area contributed by atoms with Crippen molar-refractivity contribution in [1.82, 2.24) is 0 Å². The molecular weight excluding hydrogens is 731 g/mol. The molecule has 4 unspecified atom stereocenters. The Morgan fingerprint density at radius 3 is 1.47 bits per heavy atom. The fourth-order valence-corrected chi connectivity index (χ4v) is 40.4. The van der Waals surface area contributed by atoms with Crippen LogP contribution in [0.2, 0.25) is 13.1 Å². The molecule has 0 saturated heterocycles. The molecule has 0 radical (unpaired) electrons. The summed E-state index contributed by atoms with van der Waals surface area (Å²) >= 11 is -4.84. The summed E-state index contributed by atoms with van der Waals surface area (Å²) in [5, 5.41) is 0. The van der Waals surface area contributed by atoms with E-state index in [2.05, 4.69) is 159 Å². The van der Waals surface area contributed by atoms with Crippen LogP contribution in [0.5, 0.6) is 0 Å². The summed E-state index contributed by atoms with van der Waals surface area (Å²) in [7, 11) is 17.4. The third kappa shape index (κ3) is 6.20. The van der Waals surface area contributed by atoms with Gasteiger partial charge in [0.25, 0.3) is 0 Å². The molecule has 4 heteroatoms. The van der Waals surface area contributed by atoms with Gasteiger partial charge in [0, 0.05) is 0 Å². The van der Waals surface area contributed by atoms with Gasteiger partial charge in [0.15, 0.2) is 0 Å². The molecule has 0 N–H and O–H groups in total. The number of allylic oxidation sites excluding steroid dienone is 2. The molecule has 0 spiro atoms. The summed E-state index contributed by atoms with van der Waals surface area (Å²) in [6.45, 7) is 21.1. The third-order valence-electron chi connectivity index (χ3n) is 12.3. The molecule has 0 aliphatic heterocycles. The van der Waals surface area contributed by atoms with Crippen LogP contribution in [0.15, 0.2) is 96.1 Å². The van der Waals surface area contributed by atoms with Crippen molar-refractivity contribution in [3.05, 3.63) is 129 Å². The molecule has 4 aromatic rings. The Balaban J connectivity index is 1.52. The van der Waals surface area contributed by atoms with Crippen molar-refractivity contribution in [3.63, 3.8) is 0 Å². The van der Waals surface area contributed by atoms with Crippen molar-refractivity contribution in [2.24, 2.45) is 5.92 Å². The van der Waals surface area contributed by atoms with Crippen LogP contribution < -0.4 is 0 Å². The Kier molecular flexibility index (Phi) is 10.7. The summed E-state index contributed by atoms with van der Waals surface area (Å²) in [5.41, 5.74) is 16.2. The summed E-state index contributed by atoms with van der Waals surface area (Å²) in [5.74, 6) is -0.165. The molecular formula is C45H55Cl2SiZr. The van der Waals surface area contributed by atoms with Gasteiger partial charge in [-0.05, 0) is 0 Å². The van der Waals surface area contributed by atoms with Crippen molar-refractivity contribution in [1.29, 1.82) is 0 Å². The molecule has 0 nitrogen and oxygen atoms in total. The van der Waals surface area contributed by atoms with Crippen LogP contribution in [-0.4, -0.2) is 5.92 Å². The van der Waals surface area contributed by atoms with Crippen LogP contribution in [0.25, 0.3) is 34.4 Å². The summed E-state index contributed by atoms with van der Waals surface area (Å²) < 4.78 is 0.197. The van der Waals surface area contributed by atoms with E-state index in [4.69, 9.17) is 17.0 Å². The number of halogens is 2. The van der Waals surface area contributed by atoms with Gasteiger partial charge in [0.2, 0.25) is 0 Å². The van der Waals surface area contributed by atoms with Gasteiger partial charge < -0.3 is 0 Å². The summed E-state index contributed by atoms with van der Waals surface area (Å²) in [4.78, 5) is 0. The summed E-state index contributed by atoms with van der Waals surface area (Å²) in [6.07, 6.45) is 8.23. The molecule has 2 aliphatic rings. The Morgan fingerprint density at radius 1 is 0.612 bits per heavy atom. The minimum absolute atomic E-state index is 0.0927. The first-order valence-electron chi connectivity index (χ1n) is 18.8. The zero-order valence-electron chi connectivity index (χ0n) is 31.1. The number of fused-ring (bicyclic) bond motifs is 2. The fraction of sp³-hybridized carbons (Fsp3) is 0.378. The molecule has 0 bridgehead atoms. The van der Waals surface area contributed by atoms with Gasteiger partial charge in [-0.2, -0.15) is 0 Å². The quantitative estimate of drug-likeness (QED) is 0.133. The van der Waals surface area contributed by atoms with Crippen molar-refractivity contribution in [2.75, 3.05) is 0 Å². The number of benzene rings is 4. The van der Waals surface area contributed by atoms with E-state index in [-0.39, 0.29) is 7.25 Å². The molecule has 0 saturated carbocycles. The molecule has 49 heavy (non-hydrogen) atoms. The number of hydrogen-bond acceptors (Lipinski definition) is 0. The molecule has 0 fully saturated rings. The number of rotatable bonds is 11. The Bertz CT molecular complexity index is 1900. The molecule has 257 valence electrons. The van der Waals surface area contributed by atoms with Gasteiger partial charge in [0.05, 0.1) is 0 Å². The monoisotopic (exact) mass is 783 g/mol. The van der Waals surface area contributed by atoms with Crippen LogP contribution in [-0.2, 0) is 15.6 Å². The second kappa shape index (κ2) is 14.2. The number of hydrogen-bond donors (Lipinski definition) is 0. The first kappa shape index (κ1) is 36.8. The molecule has 0 amide bonds. The Labute approximate surface area is 305 Å². The van der Waals surface area contributed by atoms with Gasteiger partial charge in [-0.25, -0.2) is 0 Å². The average Bonchev–Trinajstić information content (AvgIpc) is 3.72. The van der Waals surface area contributed by atoms with Gasteiger partial charge in [-0.15, -0.1) is 0 Å². The van der Waals surface area contributed by atoms with Gasteiger partial charge >= 0.3 is 308 Å². The van der Waals surface area contributed by atoms with Crippen molar-refractivity contribution in [3.8, 4) is 22.3 Å². The second-order valence-corrected chi connectivity index (χ2v) is 58.1. The third-order valence-corrected chi connectivity index (χ3v) is 64.1. The SMILES string of the molecule is CCC1=Cc2c(-c3ccc(C(C)CC)cc3)cccc2[CH]1[Zr]([Cl])([Cl])([CH]1C(C(C)C)=Cc2c(-c3ccc(C(C)CC)cc3)cccc21)[SiH](C)C. The van der Waals surface area contributed by atoms with Crippen LogP contribution >= 0.6 is 17.0 Å². The van der Waals surface area contributed by atoms with Crippen molar-refractivity contribution < 1.29 is 15.6 Å². The predicted molar refractivity (Wildman–Crippen MR) is 218 cm³/mol. The summed E-state index contributed by atoms with van der Waals surface area (Å²) in [6, 6.07) is 32.4. The van der Waals surface area contributed by atoms with E-state index < -0.39 is 21.5 Å². The predicted octanol–water partition coefficient (Wildman–Crippen LogP) is 14.7. The first-order chi connectivity index (χ1) is 23.3. The average molecular weight is 786 g/mol. The molecule has 6 rings (SSSR count). The van der Waals surface area contributed by atoms with E-state index in [1.807, 2.05) is 0 Å². The van der Waals surface area contributed by atoms with Crippen LogP contribution in [0.4, 0.5) is 0 Å². The van der Waals surface area contributed by atoms with Crippen molar-refractivity contribution >= 4 is 35.1 Å². The standard InChI is InChI=1S/C22H25.C21H23.C2H7Si.2ClH.Zr/c1-5-16(4)17-9-11-18(12-10-17)21-8-6-7-19-13-20(15(2)3)14-22(19)21;1-4-15(3)17-9-11-18(12-10-17)20-8-6-7-19-13-16(5-2)14-21(19)20;1-3-2;;;/h6-16H,5H2,1-4H3;6-15H,4-5H2,1-3H3;3H,1-2H3;2*1H;/q;;;;;+2/p-2. The second-order valence-electron chi connectivity index (χ2n) is 15.6.